The molecule has 3 aromatic rings. The minimum Gasteiger partial charge on any atom is -0.477 e. The van der Waals surface area contributed by atoms with Gasteiger partial charge in [-0.1, -0.05) is 30.3 Å². The molecule has 0 saturated heterocycles. The molecule has 5 N–H and O–H groups in total. The molecule has 0 unspecified atom stereocenters. The van der Waals surface area contributed by atoms with E-state index < -0.39 is 16.0 Å². The van der Waals surface area contributed by atoms with E-state index in [4.69, 9.17) is 0 Å². The first-order valence-electron chi connectivity index (χ1n) is 7.76. The van der Waals surface area contributed by atoms with Gasteiger partial charge in [0.2, 0.25) is 0 Å². The van der Waals surface area contributed by atoms with Gasteiger partial charge in [-0.2, -0.15) is 0 Å². The van der Waals surface area contributed by atoms with Crippen LogP contribution in [0, 0.1) is 11.8 Å². The van der Waals surface area contributed by atoms with Crippen molar-refractivity contribution in [3.8, 4) is 10.4 Å². The molecule has 1 aromatic heterocycles. The third-order valence-corrected chi connectivity index (χ3v) is 6.52. The van der Waals surface area contributed by atoms with E-state index in [0.717, 1.165) is 11.3 Å². The lowest BCUT2D eigenvalue weighted by molar-refractivity contribution is -0.379. The Morgan fingerprint density at radius 3 is 2.46 bits per heavy atom. The third-order valence-electron chi connectivity index (χ3n) is 3.82. The number of carboxylic acids is 1. The Morgan fingerprint density at radius 1 is 1.11 bits per heavy atom. The number of aromatic carboxylic acids is 1. The van der Waals surface area contributed by atoms with Crippen molar-refractivity contribution < 1.29 is 29.0 Å². The van der Waals surface area contributed by atoms with Crippen molar-refractivity contribution in [1.82, 2.24) is 0 Å². The molecule has 0 spiro atoms. The van der Waals surface area contributed by atoms with Crippen molar-refractivity contribution in [3.63, 3.8) is 0 Å². The van der Waals surface area contributed by atoms with Gasteiger partial charge in [0, 0.05) is 27.1 Å². The highest BCUT2D eigenvalue weighted by Gasteiger charge is 2.23. The molecule has 0 atom stereocenters. The molecule has 0 saturated carbocycles. The zero-order valence-corrected chi connectivity index (χ0v) is 16.2. The Kier molecular flexibility index (Phi) is 6.29. The summed E-state index contributed by atoms with van der Waals surface area (Å²) in [6, 6.07) is 14.4. The lowest BCUT2D eigenvalue weighted by atomic mass is 10.1. The predicted molar refractivity (Wildman–Crippen MR) is 106 cm³/mol. The molecule has 28 heavy (non-hydrogen) atoms. The SMILES string of the molecule is Cc1ccccc1S(=O)(=O)Nc1cc(-c2cccc([NH+]=O)c2)sc1C(=O)O.O. The number of carbonyl (C=O) groups is 1. The summed E-state index contributed by atoms with van der Waals surface area (Å²) in [5.74, 6) is -1.24. The highest BCUT2D eigenvalue weighted by Crippen LogP contribution is 2.36. The molecule has 0 amide bonds. The van der Waals surface area contributed by atoms with Crippen molar-refractivity contribution >= 4 is 38.7 Å². The largest absolute Gasteiger partial charge is 0.477 e. The predicted octanol–water partition coefficient (Wildman–Crippen LogP) is 1.88. The summed E-state index contributed by atoms with van der Waals surface area (Å²) in [4.78, 5) is 22.9. The maximum absolute atomic E-state index is 12.7. The van der Waals surface area contributed by atoms with Crippen LogP contribution in [0.25, 0.3) is 10.4 Å². The average Bonchev–Trinajstić information content (AvgIpc) is 3.05. The highest BCUT2D eigenvalue weighted by atomic mass is 32.2. The number of nitrogens with one attached hydrogen (secondary N) is 2. The monoisotopic (exact) mass is 421 g/mol. The van der Waals surface area contributed by atoms with Gasteiger partial charge < -0.3 is 10.6 Å². The second kappa shape index (κ2) is 8.30. The Hall–Kier alpha value is -3.08. The van der Waals surface area contributed by atoms with E-state index in [1.165, 1.54) is 12.1 Å². The molecule has 0 aliphatic carbocycles. The van der Waals surface area contributed by atoms with Gasteiger partial charge in [0.25, 0.3) is 15.7 Å². The third kappa shape index (κ3) is 4.25. The zero-order valence-electron chi connectivity index (χ0n) is 14.6. The normalized spacial score (nSPS) is 10.8. The summed E-state index contributed by atoms with van der Waals surface area (Å²) < 4.78 is 27.8. The number of carboxylic acid groups (broad SMARTS) is 1. The first-order valence-corrected chi connectivity index (χ1v) is 10.1. The van der Waals surface area contributed by atoms with Gasteiger partial charge in [-0.05, 0) is 30.2 Å². The molecule has 3 rings (SSSR count). The van der Waals surface area contributed by atoms with Crippen molar-refractivity contribution in [3.05, 3.63) is 69.9 Å². The minimum absolute atomic E-state index is 0. The van der Waals surface area contributed by atoms with Crippen LogP contribution in [0.1, 0.15) is 15.2 Å². The summed E-state index contributed by atoms with van der Waals surface area (Å²) in [5, 5.41) is 11.2. The maximum atomic E-state index is 12.7. The lowest BCUT2D eigenvalue weighted by Gasteiger charge is -2.09. The van der Waals surface area contributed by atoms with Crippen molar-refractivity contribution in [2.75, 3.05) is 4.72 Å². The molecule has 0 fully saturated rings. The van der Waals surface area contributed by atoms with Crippen LogP contribution in [0.4, 0.5) is 11.4 Å². The molecule has 0 aliphatic rings. The van der Waals surface area contributed by atoms with Crippen LogP contribution in [0.15, 0.2) is 59.5 Å². The maximum Gasteiger partial charge on any atom is 0.348 e. The number of benzene rings is 2. The summed E-state index contributed by atoms with van der Waals surface area (Å²) in [6.45, 7) is 1.66. The van der Waals surface area contributed by atoms with Crippen LogP contribution in [-0.4, -0.2) is 25.0 Å². The van der Waals surface area contributed by atoms with Crippen molar-refractivity contribution in [1.29, 1.82) is 0 Å². The summed E-state index contributed by atoms with van der Waals surface area (Å²) >= 11 is 0.924. The summed E-state index contributed by atoms with van der Waals surface area (Å²) in [6.07, 6.45) is 0. The van der Waals surface area contributed by atoms with Gasteiger partial charge >= 0.3 is 5.97 Å². The molecule has 146 valence electrons. The van der Waals surface area contributed by atoms with E-state index in [1.807, 2.05) is 0 Å². The number of hydrogen-bond acceptors (Lipinski definition) is 5. The second-order valence-corrected chi connectivity index (χ2v) is 8.42. The average molecular weight is 421 g/mol. The molecular formula is C18H17N2O6S2+. The number of hydrogen-bond donors (Lipinski definition) is 3. The van der Waals surface area contributed by atoms with Crippen LogP contribution in [0.2, 0.25) is 0 Å². The van der Waals surface area contributed by atoms with Crippen LogP contribution in [0.3, 0.4) is 0 Å². The fourth-order valence-electron chi connectivity index (χ4n) is 2.56. The molecule has 0 aliphatic heterocycles. The number of sulfonamides is 1. The molecule has 2 aromatic carbocycles. The van der Waals surface area contributed by atoms with Crippen LogP contribution in [-0.2, 0) is 10.0 Å². The van der Waals surface area contributed by atoms with Crippen molar-refractivity contribution in [2.45, 2.75) is 11.8 Å². The van der Waals surface area contributed by atoms with Crippen LogP contribution in [0.5, 0.6) is 0 Å². The van der Waals surface area contributed by atoms with Crippen molar-refractivity contribution in [2.24, 2.45) is 0 Å². The first kappa shape index (κ1) is 21.2. The van der Waals surface area contributed by atoms with Gasteiger partial charge in [-0.25, -0.2) is 13.2 Å². The number of anilines is 1. The molecule has 0 bridgehead atoms. The number of rotatable bonds is 6. The molecule has 0 radical (unpaired) electrons. The molecular weight excluding hydrogens is 404 g/mol. The van der Waals surface area contributed by atoms with Crippen LogP contribution >= 0.6 is 11.3 Å². The van der Waals surface area contributed by atoms with E-state index >= 15 is 0 Å². The molecule has 1 heterocycles. The van der Waals surface area contributed by atoms with Gasteiger partial charge in [0.05, 0.1) is 10.6 Å². The Balaban J connectivity index is 0.00000280. The Morgan fingerprint density at radius 2 is 1.82 bits per heavy atom. The first-order chi connectivity index (χ1) is 12.8. The van der Waals surface area contributed by atoms with Gasteiger partial charge in [-0.15, -0.1) is 11.3 Å². The number of thiophene rings is 1. The summed E-state index contributed by atoms with van der Waals surface area (Å²) in [5.41, 5.74) is 1.45. The van der Waals surface area contributed by atoms with E-state index in [2.05, 4.69) is 4.72 Å². The fourth-order valence-corrected chi connectivity index (χ4v) is 4.89. The number of nitroso groups, excluding NO2 is 1. The van der Waals surface area contributed by atoms with E-state index in [-0.39, 0.29) is 20.9 Å². The second-order valence-electron chi connectivity index (χ2n) is 5.71. The van der Waals surface area contributed by atoms with Crippen LogP contribution < -0.4 is 9.90 Å². The van der Waals surface area contributed by atoms with Gasteiger partial charge in [-0.3, -0.25) is 4.72 Å². The lowest BCUT2D eigenvalue weighted by Crippen LogP contribution is -2.55. The standard InChI is InChI=1S/C18H14N2O5S2.H2O/c1-11-5-2-3-8-16(11)27(24,25)20-14-10-15(26-17(14)18(21)22)12-6-4-7-13(9-12)19-23;/h2-10,20H,1H3,(H,21,22);1H2/p+1. The van der Waals surface area contributed by atoms with E-state index in [0.29, 0.717) is 21.7 Å². The number of aryl methyl sites for hydroxylation is 1. The molecule has 10 heteroatoms. The van der Waals surface area contributed by atoms with Gasteiger partial charge in [0.15, 0.2) is 0 Å². The fraction of sp³-hybridized carbons (Fsp3) is 0.0556. The summed E-state index contributed by atoms with van der Waals surface area (Å²) in [7, 11) is -3.95. The zero-order chi connectivity index (χ0) is 19.6. The topological polar surface area (TPSA) is 146 Å². The van der Waals surface area contributed by atoms with E-state index in [9.17, 15) is 23.2 Å². The molecule has 8 nitrogen and oxygen atoms in total. The Labute approximate surface area is 164 Å². The van der Waals surface area contributed by atoms with Gasteiger partial charge in [0.1, 0.15) is 4.88 Å². The Bertz CT molecular complexity index is 1140. The van der Waals surface area contributed by atoms with E-state index in [1.54, 1.807) is 54.6 Å². The quantitative estimate of drug-likeness (QED) is 0.556. The smallest absolute Gasteiger partial charge is 0.348 e. The minimum atomic E-state index is -3.95. The highest BCUT2D eigenvalue weighted by molar-refractivity contribution is 7.92.